The molecule has 0 bridgehead atoms. The zero-order chi connectivity index (χ0) is 27.2. The Bertz CT molecular complexity index is 1550. The SMILES string of the molecule is Cc1ccc(NC(=O)c2cc(-n3cnnc3)cc(C(F)(F)F)c2)cc1N1Cc2cnc(N)nc2N(C)C1=O. The van der Waals surface area contributed by atoms with Gasteiger partial charge in [0.2, 0.25) is 5.95 Å². The summed E-state index contributed by atoms with van der Waals surface area (Å²) < 4.78 is 41.9. The number of fused-ring (bicyclic) bond motifs is 1. The molecule has 0 atom stereocenters. The third-order valence-electron chi connectivity index (χ3n) is 6.01. The number of alkyl halides is 3. The lowest BCUT2D eigenvalue weighted by Crippen LogP contribution is -2.46. The quantitative estimate of drug-likeness (QED) is 0.415. The smallest absolute Gasteiger partial charge is 0.368 e. The summed E-state index contributed by atoms with van der Waals surface area (Å²) in [4.78, 5) is 37.2. The van der Waals surface area contributed by atoms with Crippen molar-refractivity contribution in [2.45, 2.75) is 19.6 Å². The van der Waals surface area contributed by atoms with Crippen LogP contribution in [0.25, 0.3) is 5.69 Å². The maximum atomic E-state index is 13.5. The van der Waals surface area contributed by atoms with Crippen molar-refractivity contribution < 1.29 is 22.8 Å². The molecule has 5 rings (SSSR count). The highest BCUT2D eigenvalue weighted by molar-refractivity contribution is 6.07. The third kappa shape index (κ3) is 4.58. The summed E-state index contributed by atoms with van der Waals surface area (Å²) in [7, 11) is 1.56. The number of urea groups is 1. The molecule has 38 heavy (non-hydrogen) atoms. The number of carbonyl (C=O) groups is 2. The lowest BCUT2D eigenvalue weighted by molar-refractivity contribution is -0.137. The van der Waals surface area contributed by atoms with Gasteiger partial charge < -0.3 is 11.1 Å². The molecule has 2 aromatic carbocycles. The van der Waals surface area contributed by atoms with Gasteiger partial charge in [-0.05, 0) is 42.8 Å². The van der Waals surface area contributed by atoms with Gasteiger partial charge in [-0.15, -0.1) is 10.2 Å². The molecular formula is C24H20F3N9O2. The van der Waals surface area contributed by atoms with E-state index in [9.17, 15) is 22.8 Å². The van der Waals surface area contributed by atoms with Gasteiger partial charge in [-0.3, -0.25) is 19.2 Å². The summed E-state index contributed by atoms with van der Waals surface area (Å²) in [5.74, 6) is -0.328. The van der Waals surface area contributed by atoms with E-state index >= 15 is 0 Å². The highest BCUT2D eigenvalue weighted by Gasteiger charge is 2.33. The number of aromatic nitrogens is 5. The first kappa shape index (κ1) is 24.7. The molecule has 0 radical (unpaired) electrons. The second kappa shape index (κ2) is 9.14. The Morgan fingerprint density at radius 3 is 2.55 bits per heavy atom. The first-order valence-corrected chi connectivity index (χ1v) is 11.2. The van der Waals surface area contributed by atoms with Crippen LogP contribution in [0.4, 0.5) is 41.1 Å². The largest absolute Gasteiger partial charge is 0.416 e. The topological polar surface area (TPSA) is 135 Å². The Morgan fingerprint density at radius 1 is 1.11 bits per heavy atom. The summed E-state index contributed by atoms with van der Waals surface area (Å²) in [6, 6.07) is 7.47. The summed E-state index contributed by atoms with van der Waals surface area (Å²) in [6.07, 6.45) is -0.682. The predicted octanol–water partition coefficient (Wildman–Crippen LogP) is 3.80. The number of nitrogens with zero attached hydrogens (tertiary/aromatic N) is 7. The number of hydrogen-bond donors (Lipinski definition) is 2. The fourth-order valence-corrected chi connectivity index (χ4v) is 4.08. The van der Waals surface area contributed by atoms with Gasteiger partial charge in [-0.25, -0.2) is 9.78 Å². The highest BCUT2D eigenvalue weighted by Crippen LogP contribution is 2.34. The molecule has 3 N–H and O–H groups in total. The first-order valence-electron chi connectivity index (χ1n) is 11.2. The van der Waals surface area contributed by atoms with Crippen LogP contribution >= 0.6 is 0 Å². The minimum atomic E-state index is -4.68. The van der Waals surface area contributed by atoms with E-state index in [-0.39, 0.29) is 35.5 Å². The molecule has 0 saturated heterocycles. The molecule has 11 nitrogen and oxygen atoms in total. The number of nitrogens with one attached hydrogen (secondary N) is 1. The van der Waals surface area contributed by atoms with Crippen molar-refractivity contribution in [2.24, 2.45) is 0 Å². The third-order valence-corrected chi connectivity index (χ3v) is 6.01. The van der Waals surface area contributed by atoms with Crippen LogP contribution in [0.15, 0.2) is 55.2 Å². The number of nitrogen functional groups attached to an aromatic ring is 1. The fourth-order valence-electron chi connectivity index (χ4n) is 4.08. The fraction of sp³-hybridized carbons (Fsp3) is 0.167. The van der Waals surface area contributed by atoms with E-state index in [0.29, 0.717) is 17.1 Å². The summed E-state index contributed by atoms with van der Waals surface area (Å²) in [5.41, 5.74) is 6.70. The molecule has 14 heteroatoms. The van der Waals surface area contributed by atoms with Crippen LogP contribution in [-0.4, -0.2) is 43.7 Å². The summed E-state index contributed by atoms with van der Waals surface area (Å²) >= 11 is 0. The monoisotopic (exact) mass is 523 g/mol. The Morgan fingerprint density at radius 2 is 1.84 bits per heavy atom. The van der Waals surface area contributed by atoms with Crippen LogP contribution in [-0.2, 0) is 12.7 Å². The number of amides is 3. The number of carbonyl (C=O) groups excluding carboxylic acids is 2. The molecule has 0 spiro atoms. The van der Waals surface area contributed by atoms with E-state index in [1.807, 2.05) is 0 Å². The first-order chi connectivity index (χ1) is 18.0. The van der Waals surface area contributed by atoms with Gasteiger partial charge in [0.15, 0.2) is 0 Å². The van der Waals surface area contributed by atoms with Crippen molar-refractivity contribution in [2.75, 3.05) is 27.9 Å². The van der Waals surface area contributed by atoms with Crippen molar-refractivity contribution in [1.29, 1.82) is 0 Å². The van der Waals surface area contributed by atoms with E-state index in [1.54, 1.807) is 32.2 Å². The van der Waals surface area contributed by atoms with E-state index in [4.69, 9.17) is 5.73 Å². The van der Waals surface area contributed by atoms with Gasteiger partial charge in [-0.2, -0.15) is 18.2 Å². The van der Waals surface area contributed by atoms with Crippen molar-refractivity contribution >= 4 is 35.1 Å². The number of anilines is 4. The number of rotatable bonds is 4. The van der Waals surface area contributed by atoms with E-state index < -0.39 is 17.6 Å². The van der Waals surface area contributed by atoms with Crippen LogP contribution in [0.3, 0.4) is 0 Å². The van der Waals surface area contributed by atoms with Gasteiger partial charge in [-0.1, -0.05) is 6.07 Å². The normalized spacial score (nSPS) is 13.4. The number of hydrogen-bond acceptors (Lipinski definition) is 7. The Labute approximate surface area is 213 Å². The molecule has 0 unspecified atom stereocenters. The lowest BCUT2D eigenvalue weighted by Gasteiger charge is -2.34. The van der Waals surface area contributed by atoms with Gasteiger partial charge >= 0.3 is 12.2 Å². The molecule has 2 aromatic heterocycles. The number of nitrogens with two attached hydrogens (primary N) is 1. The minimum Gasteiger partial charge on any atom is -0.368 e. The lowest BCUT2D eigenvalue weighted by atomic mass is 10.1. The van der Waals surface area contributed by atoms with Crippen molar-refractivity contribution in [3.05, 3.63) is 77.5 Å². The van der Waals surface area contributed by atoms with E-state index in [0.717, 1.165) is 17.7 Å². The van der Waals surface area contributed by atoms with Crippen LogP contribution in [0.5, 0.6) is 0 Å². The second-order valence-electron chi connectivity index (χ2n) is 8.60. The molecule has 0 fully saturated rings. The summed E-state index contributed by atoms with van der Waals surface area (Å²) in [5, 5.41) is 9.84. The molecule has 1 aliphatic rings. The van der Waals surface area contributed by atoms with Gasteiger partial charge in [0.1, 0.15) is 18.5 Å². The van der Waals surface area contributed by atoms with E-state index in [2.05, 4.69) is 25.5 Å². The van der Waals surface area contributed by atoms with Crippen molar-refractivity contribution in [3.63, 3.8) is 0 Å². The molecule has 0 aliphatic carbocycles. The maximum Gasteiger partial charge on any atom is 0.416 e. The highest BCUT2D eigenvalue weighted by atomic mass is 19.4. The molecule has 1 aliphatic heterocycles. The van der Waals surface area contributed by atoms with Crippen molar-refractivity contribution in [3.8, 4) is 5.69 Å². The standard InChI is InChI=1S/C24H20F3N9O2/c1-13-3-4-17(8-19(13)36-10-15-9-29-22(28)33-20(15)34(2)23(36)38)32-21(37)14-5-16(24(25,26)27)7-18(6-14)35-11-30-31-12-35/h3-9,11-12H,10H2,1-2H3,(H,32,37)(H2,28,29,33). The average Bonchev–Trinajstić information content (AvgIpc) is 3.42. The molecule has 194 valence electrons. The van der Waals surface area contributed by atoms with Gasteiger partial charge in [0, 0.05) is 35.7 Å². The molecule has 4 aromatic rings. The van der Waals surface area contributed by atoms with Crippen LogP contribution in [0, 0.1) is 6.92 Å². The molecular weight excluding hydrogens is 503 g/mol. The number of benzene rings is 2. The maximum absolute atomic E-state index is 13.5. The second-order valence-corrected chi connectivity index (χ2v) is 8.60. The van der Waals surface area contributed by atoms with Crippen LogP contribution < -0.4 is 20.9 Å². The van der Waals surface area contributed by atoms with Crippen LogP contribution in [0.2, 0.25) is 0 Å². The number of aryl methyl sites for hydroxylation is 1. The molecule has 3 heterocycles. The van der Waals surface area contributed by atoms with Crippen molar-refractivity contribution in [1.82, 2.24) is 24.7 Å². The Balaban J connectivity index is 1.46. The zero-order valence-corrected chi connectivity index (χ0v) is 20.1. The zero-order valence-electron chi connectivity index (χ0n) is 20.1. The van der Waals surface area contributed by atoms with Crippen LogP contribution in [0.1, 0.15) is 27.0 Å². The molecule has 0 saturated carbocycles. The van der Waals surface area contributed by atoms with Gasteiger partial charge in [0.25, 0.3) is 5.91 Å². The van der Waals surface area contributed by atoms with Gasteiger partial charge in [0.05, 0.1) is 17.8 Å². The Kier molecular flexibility index (Phi) is 5.93. The number of halogens is 3. The Hall–Kier alpha value is -5.01. The predicted molar refractivity (Wildman–Crippen MR) is 132 cm³/mol. The molecule has 3 amide bonds. The summed E-state index contributed by atoms with van der Waals surface area (Å²) in [6.45, 7) is 1.95. The van der Waals surface area contributed by atoms with E-state index in [1.165, 1.54) is 39.3 Å². The average molecular weight is 523 g/mol. The minimum absolute atomic E-state index is 0.0415.